The molecule has 187 valence electrons. The number of aryl methyl sites for hydroxylation is 1. The van der Waals surface area contributed by atoms with E-state index in [-0.39, 0.29) is 20.1 Å². The van der Waals surface area contributed by atoms with E-state index in [1.807, 2.05) is 73.9 Å². The van der Waals surface area contributed by atoms with E-state index in [1.165, 1.54) is 10.8 Å². The van der Waals surface area contributed by atoms with Crippen LogP contribution in [0.2, 0.25) is 19.6 Å². The zero-order valence-corrected chi connectivity index (χ0v) is 24.6. The minimum absolute atomic E-state index is 0. The fourth-order valence-corrected chi connectivity index (χ4v) is 4.97. The topological polar surface area (TPSA) is 51.8 Å². The van der Waals surface area contributed by atoms with Crippen molar-refractivity contribution in [3.63, 3.8) is 0 Å². The smallest absolute Gasteiger partial charge is 0.216 e. The first-order chi connectivity index (χ1) is 17.4. The second-order valence-electron chi connectivity index (χ2n) is 9.73. The summed E-state index contributed by atoms with van der Waals surface area (Å²) in [6.45, 7) is 9.00. The van der Waals surface area contributed by atoms with Gasteiger partial charge in [-0.1, -0.05) is 54.9 Å². The molecule has 0 fully saturated rings. The zero-order chi connectivity index (χ0) is 25.1. The van der Waals surface area contributed by atoms with Crippen LogP contribution in [0.5, 0.6) is 0 Å². The number of nitrogens with zero attached hydrogens (tertiary/aromatic N) is 3. The molecule has 6 aromatic rings. The van der Waals surface area contributed by atoms with Crippen molar-refractivity contribution < 1.29 is 24.5 Å². The quantitative estimate of drug-likeness (QED) is 0.146. The second-order valence-corrected chi connectivity index (χ2v) is 14.8. The summed E-state index contributed by atoms with van der Waals surface area (Å²) in [7, 11) is -1.34. The predicted molar refractivity (Wildman–Crippen MR) is 150 cm³/mol. The number of rotatable bonds is 3. The minimum atomic E-state index is -1.34. The Labute approximate surface area is 232 Å². The van der Waals surface area contributed by atoms with Gasteiger partial charge in [0, 0.05) is 44.1 Å². The van der Waals surface area contributed by atoms with E-state index in [2.05, 4.69) is 64.9 Å². The van der Waals surface area contributed by atoms with Gasteiger partial charge in [0.15, 0.2) is 0 Å². The van der Waals surface area contributed by atoms with Gasteiger partial charge in [-0.2, -0.15) is 0 Å². The molecule has 0 spiro atoms. The van der Waals surface area contributed by atoms with Crippen molar-refractivity contribution in [2.45, 2.75) is 26.6 Å². The summed E-state index contributed by atoms with van der Waals surface area (Å²) >= 11 is 0. The molecule has 0 amide bonds. The summed E-state index contributed by atoms with van der Waals surface area (Å²) < 4.78 is 5.96. The van der Waals surface area contributed by atoms with Crippen LogP contribution in [0.3, 0.4) is 0 Å². The van der Waals surface area contributed by atoms with Crippen LogP contribution in [0.25, 0.3) is 44.6 Å². The van der Waals surface area contributed by atoms with E-state index < -0.39 is 8.07 Å². The average Bonchev–Trinajstić information content (AvgIpc) is 3.29. The molecule has 4 heterocycles. The van der Waals surface area contributed by atoms with Crippen molar-refractivity contribution in [2.75, 3.05) is 0 Å². The fourth-order valence-electron chi connectivity index (χ4n) is 3.93. The minimum Gasteiger partial charge on any atom is -0.486 e. The molecule has 0 aliphatic heterocycles. The van der Waals surface area contributed by atoms with E-state index >= 15 is 0 Å². The van der Waals surface area contributed by atoms with Gasteiger partial charge in [-0.3, -0.25) is 0 Å². The Morgan fingerprint density at radius 1 is 0.730 bits per heavy atom. The molecule has 4 aromatic heterocycles. The average molecular weight is 678 g/mol. The van der Waals surface area contributed by atoms with Gasteiger partial charge in [-0.25, -0.2) is 4.98 Å². The van der Waals surface area contributed by atoms with Crippen molar-refractivity contribution in [2.24, 2.45) is 0 Å². The van der Waals surface area contributed by atoms with Crippen LogP contribution in [-0.2, 0) is 20.1 Å². The van der Waals surface area contributed by atoms with Crippen molar-refractivity contribution in [1.29, 1.82) is 0 Å². The third-order valence-corrected chi connectivity index (χ3v) is 8.02. The molecule has 0 saturated heterocycles. The maximum atomic E-state index is 5.96. The number of aromatic nitrogens is 3. The first-order valence-electron chi connectivity index (χ1n) is 11.9. The monoisotopic (exact) mass is 678 g/mol. The molecule has 1 radical (unpaired) electrons. The van der Waals surface area contributed by atoms with Crippen molar-refractivity contribution >= 4 is 35.3 Å². The van der Waals surface area contributed by atoms with Crippen molar-refractivity contribution in [3.8, 4) is 22.5 Å². The van der Waals surface area contributed by atoms with Crippen molar-refractivity contribution in [1.82, 2.24) is 15.0 Å². The van der Waals surface area contributed by atoms with Crippen LogP contribution in [-0.4, -0.2) is 23.0 Å². The molecule has 4 nitrogen and oxygen atoms in total. The SMILES string of the molecule is C[Si](C)(C)c1ccc(-c2[c-]ccc3c2oc2ncccc23)nc1.Cc1ccc(-c2[c-]cccc2)nc1.[Ir]. The van der Waals surface area contributed by atoms with Crippen LogP contribution in [0.4, 0.5) is 0 Å². The molecule has 0 N–H and O–H groups in total. The maximum Gasteiger partial charge on any atom is 0.216 e. The number of furan rings is 1. The van der Waals surface area contributed by atoms with Gasteiger partial charge in [-0.05, 0) is 41.2 Å². The molecule has 37 heavy (non-hydrogen) atoms. The summed E-state index contributed by atoms with van der Waals surface area (Å²) in [5.74, 6) is 0. The van der Waals surface area contributed by atoms with E-state index in [9.17, 15) is 0 Å². The number of pyridine rings is 3. The van der Waals surface area contributed by atoms with Gasteiger partial charge in [0.25, 0.3) is 0 Å². The molecule has 6 rings (SSSR count). The first kappa shape index (κ1) is 26.6. The molecule has 0 atom stereocenters. The van der Waals surface area contributed by atoms with Crippen LogP contribution in [0.15, 0.2) is 95.8 Å². The van der Waals surface area contributed by atoms with E-state index in [1.54, 1.807) is 6.20 Å². The Kier molecular flexibility index (Phi) is 8.13. The van der Waals surface area contributed by atoms with Gasteiger partial charge in [0.2, 0.25) is 5.71 Å². The Bertz CT molecular complexity index is 1610. The molecule has 0 unspecified atom stereocenters. The molecule has 0 bridgehead atoms. The number of fused-ring (bicyclic) bond motifs is 3. The van der Waals surface area contributed by atoms with Gasteiger partial charge < -0.3 is 14.4 Å². The second kappa shape index (κ2) is 11.3. The third kappa shape index (κ3) is 5.94. The molecule has 2 aromatic carbocycles. The number of benzene rings is 2. The Hall–Kier alpha value is -3.44. The summed E-state index contributed by atoms with van der Waals surface area (Å²) in [5.41, 5.74) is 6.43. The molecule has 0 aliphatic rings. The third-order valence-electron chi connectivity index (χ3n) is 5.99. The van der Waals surface area contributed by atoms with E-state index in [4.69, 9.17) is 4.42 Å². The summed E-state index contributed by atoms with van der Waals surface area (Å²) in [5, 5.41) is 3.43. The van der Waals surface area contributed by atoms with Crippen LogP contribution in [0.1, 0.15) is 5.56 Å². The van der Waals surface area contributed by atoms with E-state index in [0.717, 1.165) is 38.9 Å². The molecular formula is C31H27IrN3OSi-2. The maximum absolute atomic E-state index is 5.96. The first-order valence-corrected chi connectivity index (χ1v) is 15.4. The van der Waals surface area contributed by atoms with Gasteiger partial charge >= 0.3 is 0 Å². The van der Waals surface area contributed by atoms with Crippen molar-refractivity contribution in [3.05, 3.63) is 109 Å². The standard InChI is InChI=1S/C19H17N2OSi.C12H10N.Ir/c1-23(2,3)13-9-10-17(21-12-13)16-7-4-6-14-15-8-5-11-20-19(15)22-18(14)16;1-10-7-8-12(13-9-10)11-5-3-2-4-6-11;/h4-6,8-12H,1-3H3;2-5,7-9H,1H3;/q2*-1;. The van der Waals surface area contributed by atoms with Crippen LogP contribution >= 0.6 is 0 Å². The normalized spacial score (nSPS) is 11.0. The molecule has 0 saturated carbocycles. The predicted octanol–water partition coefficient (Wildman–Crippen LogP) is 7.24. The molecule has 6 heteroatoms. The Morgan fingerprint density at radius 2 is 1.54 bits per heavy atom. The van der Waals surface area contributed by atoms with Gasteiger partial charge in [0.1, 0.15) is 0 Å². The number of hydrogen-bond donors (Lipinski definition) is 0. The summed E-state index contributed by atoms with van der Waals surface area (Å²) in [4.78, 5) is 13.3. The molecule has 0 aliphatic carbocycles. The Morgan fingerprint density at radius 3 is 2.22 bits per heavy atom. The van der Waals surface area contributed by atoms with Gasteiger partial charge in [-0.15, -0.1) is 54.1 Å². The summed E-state index contributed by atoms with van der Waals surface area (Å²) in [6, 6.07) is 30.5. The van der Waals surface area contributed by atoms with Crippen LogP contribution in [0, 0.1) is 19.1 Å². The van der Waals surface area contributed by atoms with Gasteiger partial charge in [0.05, 0.1) is 13.7 Å². The van der Waals surface area contributed by atoms with Crippen LogP contribution < -0.4 is 5.19 Å². The molecular weight excluding hydrogens is 651 g/mol. The zero-order valence-electron chi connectivity index (χ0n) is 21.2. The van der Waals surface area contributed by atoms with E-state index in [0.29, 0.717) is 5.71 Å². The number of hydrogen-bond acceptors (Lipinski definition) is 4. The fraction of sp³-hybridized carbons (Fsp3) is 0.129. The largest absolute Gasteiger partial charge is 0.486 e. The summed E-state index contributed by atoms with van der Waals surface area (Å²) in [6.07, 6.45) is 5.61. The Balaban J connectivity index is 0.000000195.